The quantitative estimate of drug-likeness (QED) is 0.223. The first-order chi connectivity index (χ1) is 13.3. The van der Waals surface area contributed by atoms with Crippen LogP contribution in [0.15, 0.2) is 60.7 Å². The molecule has 0 radical (unpaired) electrons. The van der Waals surface area contributed by atoms with Gasteiger partial charge in [-0.3, -0.25) is 0 Å². The summed E-state index contributed by atoms with van der Waals surface area (Å²) in [7, 11) is 1.57. The van der Waals surface area contributed by atoms with Crippen LogP contribution in [0.5, 0.6) is 5.75 Å². The Morgan fingerprint density at radius 3 is 2.36 bits per heavy atom. The molecule has 0 spiro atoms. The summed E-state index contributed by atoms with van der Waals surface area (Å²) in [4.78, 5) is 12.2. The Morgan fingerprint density at radius 1 is 1.07 bits per heavy atom. The van der Waals surface area contributed by atoms with Gasteiger partial charge in [-0.1, -0.05) is 0 Å². The number of ether oxygens (including phenoxy) is 1. The van der Waals surface area contributed by atoms with Gasteiger partial charge in [0.25, 0.3) is 0 Å². The predicted octanol–water partition coefficient (Wildman–Crippen LogP) is 3.48. The molecule has 0 aliphatic heterocycles. The third kappa shape index (κ3) is 7.38. The molecule has 1 unspecified atom stereocenters. The monoisotopic (exact) mass is 505 g/mol. The second-order valence-corrected chi connectivity index (χ2v) is 8.75. The van der Waals surface area contributed by atoms with Gasteiger partial charge < -0.3 is 0 Å². The zero-order chi connectivity index (χ0) is 20.6. The van der Waals surface area contributed by atoms with Gasteiger partial charge in [0.1, 0.15) is 0 Å². The molecule has 0 aliphatic rings. The number of para-hydroxylation sites is 2. The van der Waals surface area contributed by atoms with Gasteiger partial charge in [-0.2, -0.15) is 0 Å². The van der Waals surface area contributed by atoms with Gasteiger partial charge in [0, 0.05) is 0 Å². The van der Waals surface area contributed by atoms with E-state index in [-0.39, 0.29) is 0 Å². The molecular formula is C19H18Cl3N3O2Se. The van der Waals surface area contributed by atoms with Crippen LogP contribution in [0.2, 0.25) is 0 Å². The summed E-state index contributed by atoms with van der Waals surface area (Å²) in [5.41, 5.74) is 1.58. The number of hydrogen-bond acceptors (Lipinski definition) is 4. The number of alkyl halides is 3. The molecule has 1 amide bonds. The van der Waals surface area contributed by atoms with Crippen LogP contribution in [0.4, 0.5) is 5.69 Å². The minimum absolute atomic E-state index is 0.419. The van der Waals surface area contributed by atoms with Gasteiger partial charge >= 0.3 is 187 Å². The molecule has 0 bridgehead atoms. The second-order valence-electron chi connectivity index (χ2n) is 5.53. The van der Waals surface area contributed by atoms with Crippen LogP contribution in [0, 0.1) is 0 Å². The summed E-state index contributed by atoms with van der Waals surface area (Å²) in [6.07, 6.45) is 2.04. The average molecular weight is 506 g/mol. The van der Waals surface area contributed by atoms with E-state index in [1.165, 1.54) is 6.08 Å². The number of amides is 1. The van der Waals surface area contributed by atoms with Crippen LogP contribution in [0.25, 0.3) is 6.08 Å². The summed E-state index contributed by atoms with van der Waals surface area (Å²) in [5.74, 6) is 0.218. The van der Waals surface area contributed by atoms with Gasteiger partial charge in [0.15, 0.2) is 0 Å². The van der Waals surface area contributed by atoms with Crippen molar-refractivity contribution < 1.29 is 9.53 Å². The summed E-state index contributed by atoms with van der Waals surface area (Å²) >= 11 is 20.9. The van der Waals surface area contributed by atoms with Gasteiger partial charge in [0.05, 0.1) is 0 Å². The van der Waals surface area contributed by atoms with E-state index in [0.717, 1.165) is 5.56 Å². The predicted molar refractivity (Wildman–Crippen MR) is 118 cm³/mol. The average Bonchev–Trinajstić information content (AvgIpc) is 2.66. The molecule has 1 atom stereocenters. The number of hydrogen-bond donors (Lipinski definition) is 3. The van der Waals surface area contributed by atoms with Crippen LogP contribution in [-0.2, 0) is 4.79 Å². The Morgan fingerprint density at radius 2 is 1.71 bits per heavy atom. The molecule has 3 N–H and O–H groups in total. The van der Waals surface area contributed by atoms with Crippen molar-refractivity contribution in [2.24, 2.45) is 0 Å². The van der Waals surface area contributed by atoms with E-state index in [0.29, 0.717) is 16.1 Å². The Kier molecular flexibility index (Phi) is 8.67. The minimum atomic E-state index is -1.80. The van der Waals surface area contributed by atoms with Crippen molar-refractivity contribution in [1.82, 2.24) is 10.6 Å². The molecule has 5 nitrogen and oxygen atoms in total. The fraction of sp³-hybridized carbons (Fsp3) is 0.158. The standard InChI is InChI=1S/C19H18Cl3N3O2Se/c1-27-15-10-6-5-9-14(15)23-18(28)25-17(19(20,21)22)24-16(26)12-11-13-7-3-2-4-8-13/h2-12,17H,1H3,(H,24,26)(H2,23,25,28)/b12-11+. The molecule has 0 saturated carbocycles. The van der Waals surface area contributed by atoms with Crippen LogP contribution < -0.4 is 20.7 Å². The molecule has 148 valence electrons. The van der Waals surface area contributed by atoms with E-state index in [9.17, 15) is 4.79 Å². The Balaban J connectivity index is 2.02. The van der Waals surface area contributed by atoms with E-state index in [4.69, 9.17) is 39.5 Å². The van der Waals surface area contributed by atoms with E-state index in [2.05, 4.69) is 31.5 Å². The Bertz CT molecular complexity index is 842. The van der Waals surface area contributed by atoms with Gasteiger partial charge in [-0.15, -0.1) is 0 Å². The summed E-state index contributed by atoms with van der Waals surface area (Å²) in [6, 6.07) is 16.7. The third-order valence-electron chi connectivity index (χ3n) is 3.47. The second kappa shape index (κ2) is 10.7. The van der Waals surface area contributed by atoms with Crippen molar-refractivity contribution in [2.45, 2.75) is 9.96 Å². The van der Waals surface area contributed by atoms with Gasteiger partial charge in [-0.25, -0.2) is 0 Å². The Hall–Kier alpha value is -1.69. The molecule has 28 heavy (non-hydrogen) atoms. The molecule has 0 saturated heterocycles. The fourth-order valence-corrected chi connectivity index (χ4v) is 2.97. The molecule has 0 heterocycles. The topological polar surface area (TPSA) is 62.4 Å². The number of benzene rings is 2. The molecule has 0 aliphatic carbocycles. The molecule has 0 aromatic heterocycles. The maximum atomic E-state index is 12.2. The van der Waals surface area contributed by atoms with Crippen molar-refractivity contribution >= 4 is 72.7 Å². The number of carbonyl (C=O) groups excluding carboxylic acids is 1. The van der Waals surface area contributed by atoms with Crippen molar-refractivity contribution in [3.05, 3.63) is 66.2 Å². The van der Waals surface area contributed by atoms with Crippen molar-refractivity contribution in [3.8, 4) is 5.75 Å². The van der Waals surface area contributed by atoms with Crippen LogP contribution in [-0.4, -0.2) is 43.2 Å². The zero-order valence-electron chi connectivity index (χ0n) is 14.8. The number of anilines is 1. The Labute approximate surface area is 186 Å². The van der Waals surface area contributed by atoms with E-state index < -0.39 is 15.9 Å². The number of nitrogens with one attached hydrogen (secondary N) is 3. The number of methoxy groups -OCH3 is 1. The number of halogens is 3. The molecule has 9 heteroatoms. The van der Waals surface area contributed by atoms with Crippen molar-refractivity contribution in [2.75, 3.05) is 12.4 Å². The first-order valence-electron chi connectivity index (χ1n) is 8.10. The summed E-state index contributed by atoms with van der Waals surface area (Å²) in [5, 5.41) is 8.62. The SMILES string of the molecule is COc1ccccc1NC(=[Se])NC(NC(=O)/C=C/c1ccccc1)C(Cl)(Cl)Cl. The molecule has 0 fully saturated rings. The number of rotatable bonds is 8. The maximum absolute atomic E-state index is 12.2. The van der Waals surface area contributed by atoms with Crippen LogP contribution >= 0.6 is 34.8 Å². The summed E-state index contributed by atoms with van der Waals surface area (Å²) in [6.45, 7) is 0. The first-order valence-corrected chi connectivity index (χ1v) is 10.1. The third-order valence-corrected chi connectivity index (χ3v) is 4.59. The van der Waals surface area contributed by atoms with Crippen molar-refractivity contribution in [1.29, 1.82) is 0 Å². The summed E-state index contributed by atoms with van der Waals surface area (Å²) < 4.78 is 3.92. The van der Waals surface area contributed by atoms with E-state index in [1.807, 2.05) is 48.5 Å². The van der Waals surface area contributed by atoms with Crippen LogP contribution in [0.3, 0.4) is 0 Å². The molecule has 2 aromatic carbocycles. The molecule has 2 aromatic rings. The molecular weight excluding hydrogens is 488 g/mol. The van der Waals surface area contributed by atoms with Gasteiger partial charge in [0.2, 0.25) is 0 Å². The zero-order valence-corrected chi connectivity index (χ0v) is 18.8. The van der Waals surface area contributed by atoms with Gasteiger partial charge in [-0.05, 0) is 0 Å². The first kappa shape index (κ1) is 22.6. The normalized spacial score (nSPS) is 12.3. The van der Waals surface area contributed by atoms with Crippen molar-refractivity contribution in [3.63, 3.8) is 0 Å². The van der Waals surface area contributed by atoms with Crippen LogP contribution in [0.1, 0.15) is 5.56 Å². The van der Waals surface area contributed by atoms with E-state index in [1.54, 1.807) is 19.3 Å². The van der Waals surface area contributed by atoms with E-state index >= 15 is 0 Å². The number of carbonyl (C=O) groups is 1. The molecule has 2 rings (SSSR count). The fourth-order valence-electron chi connectivity index (χ4n) is 2.16.